The van der Waals surface area contributed by atoms with Crippen molar-refractivity contribution in [3.05, 3.63) is 71.3 Å². The number of rotatable bonds is 9. The van der Waals surface area contributed by atoms with E-state index in [0.717, 1.165) is 16.7 Å². The van der Waals surface area contributed by atoms with Crippen LogP contribution in [0.5, 0.6) is 0 Å². The van der Waals surface area contributed by atoms with E-state index in [0.29, 0.717) is 0 Å². The first-order valence-corrected chi connectivity index (χ1v) is 11.1. The number of aliphatic carboxylic acids is 1. The van der Waals surface area contributed by atoms with Gasteiger partial charge in [-0.25, -0.2) is 9.59 Å². The number of carbonyl (C=O) groups excluding carboxylic acids is 2. The molecule has 0 aliphatic rings. The first-order chi connectivity index (χ1) is 15.5. The van der Waals surface area contributed by atoms with E-state index in [-0.39, 0.29) is 24.4 Å². The van der Waals surface area contributed by atoms with Crippen LogP contribution in [0.2, 0.25) is 0 Å². The molecule has 0 fully saturated rings. The number of nitrogens with one attached hydrogen (secondary N) is 2. The third-order valence-electron chi connectivity index (χ3n) is 5.31. The fraction of sp³-hybridized carbons (Fsp3) is 0.423. The molecule has 0 aromatic heterocycles. The van der Waals surface area contributed by atoms with Gasteiger partial charge >= 0.3 is 12.1 Å². The molecule has 3 N–H and O–H groups in total. The first kappa shape index (κ1) is 25.9. The van der Waals surface area contributed by atoms with Crippen LogP contribution < -0.4 is 10.6 Å². The third-order valence-corrected chi connectivity index (χ3v) is 5.31. The molecule has 0 aliphatic carbocycles. The minimum Gasteiger partial charge on any atom is -0.480 e. The predicted octanol–water partition coefficient (Wildman–Crippen LogP) is 4.05. The Labute approximate surface area is 195 Å². The number of amides is 2. The van der Waals surface area contributed by atoms with Crippen LogP contribution in [0.15, 0.2) is 54.6 Å². The largest absolute Gasteiger partial charge is 0.480 e. The Kier molecular flexibility index (Phi) is 9.02. The molecule has 2 atom stereocenters. The number of carbonyl (C=O) groups is 3. The molecule has 0 saturated heterocycles. The van der Waals surface area contributed by atoms with E-state index in [1.165, 1.54) is 0 Å². The normalized spacial score (nSPS) is 13.2. The van der Waals surface area contributed by atoms with Crippen molar-refractivity contribution in [3.8, 4) is 0 Å². The highest BCUT2D eigenvalue weighted by Gasteiger charge is 2.29. The number of ether oxygens (including phenoxy) is 1. The van der Waals surface area contributed by atoms with Crippen molar-refractivity contribution < 1.29 is 24.2 Å². The van der Waals surface area contributed by atoms with Crippen LogP contribution in [0.1, 0.15) is 51.3 Å². The fourth-order valence-corrected chi connectivity index (χ4v) is 3.26. The minimum atomic E-state index is -1.14. The van der Waals surface area contributed by atoms with Crippen LogP contribution >= 0.6 is 0 Å². The molecule has 0 aliphatic heterocycles. The molecule has 178 valence electrons. The maximum Gasteiger partial charge on any atom is 0.408 e. The topological polar surface area (TPSA) is 105 Å². The Morgan fingerprint density at radius 3 is 2.03 bits per heavy atom. The van der Waals surface area contributed by atoms with Crippen molar-refractivity contribution in [3.63, 3.8) is 0 Å². The van der Waals surface area contributed by atoms with Crippen molar-refractivity contribution in [1.82, 2.24) is 10.6 Å². The van der Waals surface area contributed by atoms with Gasteiger partial charge in [-0.1, -0.05) is 89.2 Å². The molecule has 0 heterocycles. The van der Waals surface area contributed by atoms with Crippen molar-refractivity contribution in [1.29, 1.82) is 0 Å². The summed E-state index contributed by atoms with van der Waals surface area (Å²) in [6.45, 7) is 9.91. The van der Waals surface area contributed by atoms with E-state index < -0.39 is 30.1 Å². The zero-order chi connectivity index (χ0) is 24.6. The summed E-state index contributed by atoms with van der Waals surface area (Å²) in [4.78, 5) is 36.9. The van der Waals surface area contributed by atoms with E-state index in [1.807, 2.05) is 54.6 Å². The maximum absolute atomic E-state index is 12.8. The molecule has 2 aromatic rings. The van der Waals surface area contributed by atoms with Crippen molar-refractivity contribution in [2.75, 3.05) is 0 Å². The molecular formula is C26H34N2O5. The van der Waals surface area contributed by atoms with E-state index in [9.17, 15) is 19.5 Å². The molecule has 7 nitrogen and oxygen atoms in total. The van der Waals surface area contributed by atoms with Gasteiger partial charge in [0.05, 0.1) is 0 Å². The van der Waals surface area contributed by atoms with Crippen LogP contribution in [0.4, 0.5) is 4.79 Å². The van der Waals surface area contributed by atoms with Crippen LogP contribution in [0.3, 0.4) is 0 Å². The van der Waals surface area contributed by atoms with E-state index >= 15 is 0 Å². The van der Waals surface area contributed by atoms with Gasteiger partial charge in [-0.05, 0) is 28.0 Å². The number of carboxylic acids is 1. The SMILES string of the molecule is CC(C)[C@H](NC(=O)OCc1ccccc1)C(=O)N[C@@H](Cc1ccc(C(C)(C)C)cc1)C(=O)O. The number of hydrogen-bond acceptors (Lipinski definition) is 4. The summed E-state index contributed by atoms with van der Waals surface area (Å²) in [6, 6.07) is 14.8. The Morgan fingerprint density at radius 2 is 1.52 bits per heavy atom. The lowest BCUT2D eigenvalue weighted by atomic mass is 9.86. The fourth-order valence-electron chi connectivity index (χ4n) is 3.26. The Hall–Kier alpha value is -3.35. The van der Waals surface area contributed by atoms with E-state index in [2.05, 4.69) is 31.4 Å². The molecule has 0 radical (unpaired) electrons. The van der Waals surface area contributed by atoms with Gasteiger partial charge in [0, 0.05) is 6.42 Å². The molecule has 2 amide bonds. The Balaban J connectivity index is 2.00. The summed E-state index contributed by atoms with van der Waals surface area (Å²) in [5.74, 6) is -1.98. The highest BCUT2D eigenvalue weighted by atomic mass is 16.5. The number of alkyl carbamates (subject to hydrolysis) is 1. The van der Waals surface area contributed by atoms with Crippen LogP contribution in [0, 0.1) is 5.92 Å². The van der Waals surface area contributed by atoms with Crippen LogP contribution in [0.25, 0.3) is 0 Å². The lowest BCUT2D eigenvalue weighted by Gasteiger charge is -2.24. The standard InChI is InChI=1S/C26H34N2O5/c1-17(2)22(28-25(32)33-16-19-9-7-6-8-10-19)23(29)27-21(24(30)31)15-18-11-13-20(14-12-18)26(3,4)5/h6-14,17,21-22H,15-16H2,1-5H3,(H,27,29)(H,28,32)(H,30,31)/t21-,22-/m0/s1. The number of carboxylic acid groups (broad SMARTS) is 1. The van der Waals surface area contributed by atoms with Gasteiger partial charge in [0.2, 0.25) is 5.91 Å². The molecule has 0 saturated carbocycles. The van der Waals surface area contributed by atoms with Gasteiger partial charge in [0.25, 0.3) is 0 Å². The lowest BCUT2D eigenvalue weighted by molar-refractivity contribution is -0.142. The number of benzene rings is 2. The van der Waals surface area contributed by atoms with Crippen LogP contribution in [-0.4, -0.2) is 35.2 Å². The molecule has 33 heavy (non-hydrogen) atoms. The molecule has 2 rings (SSSR count). The predicted molar refractivity (Wildman–Crippen MR) is 127 cm³/mol. The monoisotopic (exact) mass is 454 g/mol. The average molecular weight is 455 g/mol. The summed E-state index contributed by atoms with van der Waals surface area (Å²) in [5.41, 5.74) is 2.75. The molecule has 2 aromatic carbocycles. The van der Waals surface area contributed by atoms with Gasteiger partial charge in [-0.3, -0.25) is 4.79 Å². The average Bonchev–Trinajstić information content (AvgIpc) is 2.75. The third kappa shape index (κ3) is 8.25. The van der Waals surface area contributed by atoms with Gasteiger partial charge in [-0.15, -0.1) is 0 Å². The van der Waals surface area contributed by atoms with Gasteiger partial charge in [-0.2, -0.15) is 0 Å². The Morgan fingerprint density at radius 1 is 0.909 bits per heavy atom. The summed E-state index contributed by atoms with van der Waals surface area (Å²) in [5, 5.41) is 14.8. The maximum atomic E-state index is 12.8. The molecule has 0 spiro atoms. The van der Waals surface area contributed by atoms with Crippen molar-refractivity contribution in [2.45, 2.75) is 65.1 Å². The second-order valence-electron chi connectivity index (χ2n) is 9.48. The summed E-state index contributed by atoms with van der Waals surface area (Å²) in [7, 11) is 0. The molecular weight excluding hydrogens is 420 g/mol. The quantitative estimate of drug-likeness (QED) is 0.530. The lowest BCUT2D eigenvalue weighted by Crippen LogP contribution is -2.54. The van der Waals surface area contributed by atoms with Crippen molar-refractivity contribution >= 4 is 18.0 Å². The molecule has 0 unspecified atom stereocenters. The highest BCUT2D eigenvalue weighted by Crippen LogP contribution is 2.22. The van der Waals surface area contributed by atoms with E-state index in [1.54, 1.807) is 13.8 Å². The second kappa shape index (κ2) is 11.5. The van der Waals surface area contributed by atoms with E-state index in [4.69, 9.17) is 4.74 Å². The smallest absolute Gasteiger partial charge is 0.408 e. The molecule has 7 heteroatoms. The molecule has 0 bridgehead atoms. The Bertz CT molecular complexity index is 933. The summed E-state index contributed by atoms with van der Waals surface area (Å²) in [6.07, 6.45) is -0.605. The van der Waals surface area contributed by atoms with Crippen LogP contribution in [-0.2, 0) is 32.8 Å². The van der Waals surface area contributed by atoms with Gasteiger partial charge in [0.1, 0.15) is 18.7 Å². The van der Waals surface area contributed by atoms with Gasteiger partial charge < -0.3 is 20.5 Å². The number of hydrogen-bond donors (Lipinski definition) is 3. The summed E-state index contributed by atoms with van der Waals surface area (Å²) < 4.78 is 5.20. The minimum absolute atomic E-state index is 0.00970. The van der Waals surface area contributed by atoms with Crippen molar-refractivity contribution in [2.24, 2.45) is 5.92 Å². The summed E-state index contributed by atoms with van der Waals surface area (Å²) >= 11 is 0. The first-order valence-electron chi connectivity index (χ1n) is 11.1. The van der Waals surface area contributed by atoms with Gasteiger partial charge in [0.15, 0.2) is 0 Å². The highest BCUT2D eigenvalue weighted by molar-refractivity contribution is 5.89. The second-order valence-corrected chi connectivity index (χ2v) is 9.48. The zero-order valence-corrected chi connectivity index (χ0v) is 19.9. The zero-order valence-electron chi connectivity index (χ0n) is 19.9.